The summed E-state index contributed by atoms with van der Waals surface area (Å²) in [7, 11) is -0.962. The maximum absolute atomic E-state index is 9.80. The van der Waals surface area contributed by atoms with Crippen molar-refractivity contribution in [3.05, 3.63) is 34.5 Å². The lowest BCUT2D eigenvalue weighted by atomic mass is 9.79. The molecule has 3 N–H and O–H groups in total. The van der Waals surface area contributed by atoms with Gasteiger partial charge in [-0.15, -0.1) is 0 Å². The van der Waals surface area contributed by atoms with Crippen LogP contribution < -0.4 is 16.1 Å². The average Bonchev–Trinajstić information content (AvgIpc) is 3.00. The number of rotatable bonds is 4. The fraction of sp³-hybridized carbons (Fsp3) is 0.412. The van der Waals surface area contributed by atoms with Crippen molar-refractivity contribution in [2.45, 2.75) is 32.4 Å². The number of halogens is 1. The van der Waals surface area contributed by atoms with Crippen LogP contribution >= 0.6 is 11.6 Å². The first-order chi connectivity index (χ1) is 12.6. The molecule has 2 aliphatic rings. The molecule has 7 nitrogen and oxygen atoms in total. The second-order valence-corrected chi connectivity index (χ2v) is 7.01. The Bertz CT molecular complexity index is 817. The molecule has 1 fully saturated rings. The summed E-state index contributed by atoms with van der Waals surface area (Å²) >= 11 is 6.27. The van der Waals surface area contributed by atoms with Gasteiger partial charge in [0.1, 0.15) is 5.82 Å². The summed E-state index contributed by atoms with van der Waals surface area (Å²) in [5.74, 6) is 1.27. The minimum atomic E-state index is -0.962. The zero-order chi connectivity index (χ0) is 18.1. The highest BCUT2D eigenvalue weighted by Crippen LogP contribution is 2.25. The summed E-state index contributed by atoms with van der Waals surface area (Å²) in [5.41, 5.74) is 3.21. The summed E-state index contributed by atoms with van der Waals surface area (Å²) in [6.45, 7) is 3.82. The van der Waals surface area contributed by atoms with Gasteiger partial charge in [-0.2, -0.15) is 4.98 Å². The highest BCUT2D eigenvalue weighted by molar-refractivity contribution is 6.65. The first-order valence-electron chi connectivity index (χ1n) is 8.67. The van der Waals surface area contributed by atoms with E-state index in [0.717, 1.165) is 42.1 Å². The number of fused-ring (bicyclic) bond motifs is 1. The SMILES string of the molecule is Cc1cnc(Nc2cc(Cl)c3c(c2)COB3O)nc1N[C@H]1CCCOC1. The molecule has 0 bridgehead atoms. The molecule has 26 heavy (non-hydrogen) atoms. The molecule has 0 radical (unpaired) electrons. The van der Waals surface area contributed by atoms with E-state index in [0.29, 0.717) is 29.6 Å². The van der Waals surface area contributed by atoms with Gasteiger partial charge in [-0.25, -0.2) is 4.98 Å². The predicted octanol–water partition coefficient (Wildman–Crippen LogP) is 1.99. The van der Waals surface area contributed by atoms with Gasteiger partial charge in [0.2, 0.25) is 5.95 Å². The Hall–Kier alpha value is -1.87. The van der Waals surface area contributed by atoms with Gasteiger partial charge in [0.15, 0.2) is 0 Å². The maximum Gasteiger partial charge on any atom is 0.493 e. The molecule has 4 rings (SSSR count). The van der Waals surface area contributed by atoms with Crippen LogP contribution in [0.3, 0.4) is 0 Å². The molecular formula is C17H20BClN4O3. The Labute approximate surface area is 157 Å². The molecule has 1 atom stereocenters. The Morgan fingerprint density at radius 2 is 2.27 bits per heavy atom. The van der Waals surface area contributed by atoms with Crippen molar-refractivity contribution in [2.24, 2.45) is 0 Å². The van der Waals surface area contributed by atoms with Gasteiger partial charge in [-0.1, -0.05) is 11.6 Å². The predicted molar refractivity (Wildman–Crippen MR) is 101 cm³/mol. The second kappa shape index (κ2) is 7.40. The Morgan fingerprint density at radius 3 is 3.08 bits per heavy atom. The Balaban J connectivity index is 1.53. The molecular weight excluding hydrogens is 354 g/mol. The van der Waals surface area contributed by atoms with Gasteiger partial charge >= 0.3 is 7.12 Å². The number of nitrogens with one attached hydrogen (secondary N) is 2. The highest BCUT2D eigenvalue weighted by atomic mass is 35.5. The van der Waals surface area contributed by atoms with Crippen molar-refractivity contribution >= 4 is 41.6 Å². The van der Waals surface area contributed by atoms with Crippen molar-refractivity contribution < 1.29 is 14.4 Å². The molecule has 1 saturated heterocycles. The molecule has 0 saturated carbocycles. The van der Waals surface area contributed by atoms with E-state index in [9.17, 15) is 5.02 Å². The van der Waals surface area contributed by atoms with Gasteiger partial charge in [0.05, 0.1) is 19.3 Å². The monoisotopic (exact) mass is 374 g/mol. The van der Waals surface area contributed by atoms with E-state index in [1.807, 2.05) is 13.0 Å². The lowest BCUT2D eigenvalue weighted by Crippen LogP contribution is -2.30. The zero-order valence-electron chi connectivity index (χ0n) is 14.5. The van der Waals surface area contributed by atoms with E-state index in [2.05, 4.69) is 20.6 Å². The molecule has 2 aromatic rings. The number of benzene rings is 1. The van der Waals surface area contributed by atoms with E-state index in [1.165, 1.54) is 0 Å². The largest absolute Gasteiger partial charge is 0.493 e. The van der Waals surface area contributed by atoms with Crippen molar-refractivity contribution in [3.63, 3.8) is 0 Å². The number of hydrogen-bond donors (Lipinski definition) is 3. The molecule has 0 aliphatic carbocycles. The molecule has 0 spiro atoms. The third-order valence-corrected chi connectivity index (χ3v) is 4.90. The molecule has 1 aromatic carbocycles. The standard InChI is InChI=1S/C17H20BClN4O3/c1-10-7-20-17(23-16(10)21-12-3-2-4-25-9-12)22-13-5-11-8-26-18(24)15(11)14(19)6-13/h5-7,12,24H,2-4,8-9H2,1H3,(H2,20,21,22,23)/t12-/m0/s1. The van der Waals surface area contributed by atoms with Crippen LogP contribution in [0.1, 0.15) is 24.0 Å². The Kier molecular flexibility index (Phi) is 4.99. The summed E-state index contributed by atoms with van der Waals surface area (Å²) in [4.78, 5) is 8.94. The fourth-order valence-electron chi connectivity index (χ4n) is 3.22. The van der Waals surface area contributed by atoms with E-state index >= 15 is 0 Å². The van der Waals surface area contributed by atoms with Crippen molar-refractivity contribution in [2.75, 3.05) is 23.8 Å². The van der Waals surface area contributed by atoms with Crippen LogP contribution in [0.2, 0.25) is 5.02 Å². The smallest absolute Gasteiger partial charge is 0.423 e. The number of hydrogen-bond acceptors (Lipinski definition) is 7. The van der Waals surface area contributed by atoms with Gasteiger partial charge in [0, 0.05) is 34.5 Å². The lowest BCUT2D eigenvalue weighted by molar-refractivity contribution is 0.0875. The number of ether oxygens (including phenoxy) is 1. The third-order valence-electron chi connectivity index (χ3n) is 4.59. The summed E-state index contributed by atoms with van der Waals surface area (Å²) in [6.07, 6.45) is 3.90. The van der Waals surface area contributed by atoms with Crippen molar-refractivity contribution in [1.29, 1.82) is 0 Å². The summed E-state index contributed by atoms with van der Waals surface area (Å²) < 4.78 is 10.7. The lowest BCUT2D eigenvalue weighted by Gasteiger charge is -2.24. The van der Waals surface area contributed by atoms with Crippen LogP contribution in [0.25, 0.3) is 0 Å². The molecule has 1 aromatic heterocycles. The van der Waals surface area contributed by atoms with Crippen molar-refractivity contribution in [1.82, 2.24) is 9.97 Å². The first-order valence-corrected chi connectivity index (χ1v) is 9.05. The van der Waals surface area contributed by atoms with E-state index < -0.39 is 7.12 Å². The normalized spacial score (nSPS) is 19.3. The van der Waals surface area contributed by atoms with E-state index in [4.69, 9.17) is 21.0 Å². The number of aromatic nitrogens is 2. The van der Waals surface area contributed by atoms with Crippen LogP contribution in [0.15, 0.2) is 18.3 Å². The van der Waals surface area contributed by atoms with E-state index in [-0.39, 0.29) is 6.04 Å². The minimum absolute atomic E-state index is 0.262. The fourth-order valence-corrected chi connectivity index (χ4v) is 3.55. The first kappa shape index (κ1) is 17.5. The quantitative estimate of drug-likeness (QED) is 0.705. The van der Waals surface area contributed by atoms with Crippen LogP contribution in [0.4, 0.5) is 17.5 Å². The van der Waals surface area contributed by atoms with Crippen LogP contribution in [-0.2, 0) is 16.0 Å². The molecule has 9 heteroatoms. The van der Waals surface area contributed by atoms with Gasteiger partial charge in [-0.05, 0) is 37.5 Å². The van der Waals surface area contributed by atoms with Gasteiger partial charge in [-0.3, -0.25) is 0 Å². The number of anilines is 3. The van der Waals surface area contributed by atoms with Crippen LogP contribution in [0, 0.1) is 6.92 Å². The van der Waals surface area contributed by atoms with Gasteiger partial charge in [0.25, 0.3) is 0 Å². The van der Waals surface area contributed by atoms with Gasteiger partial charge < -0.3 is 25.0 Å². The molecule has 136 valence electrons. The Morgan fingerprint density at radius 1 is 1.38 bits per heavy atom. The zero-order valence-corrected chi connectivity index (χ0v) is 15.2. The molecule has 0 amide bonds. The third kappa shape index (κ3) is 3.64. The van der Waals surface area contributed by atoms with Crippen molar-refractivity contribution in [3.8, 4) is 0 Å². The molecule has 3 heterocycles. The second-order valence-electron chi connectivity index (χ2n) is 6.60. The highest BCUT2D eigenvalue weighted by Gasteiger charge is 2.30. The number of nitrogens with zero attached hydrogens (tertiary/aromatic N) is 2. The summed E-state index contributed by atoms with van der Waals surface area (Å²) in [5, 5.41) is 16.9. The topological polar surface area (TPSA) is 88.5 Å². The average molecular weight is 375 g/mol. The summed E-state index contributed by atoms with van der Waals surface area (Å²) in [6, 6.07) is 3.89. The molecule has 2 aliphatic heterocycles. The molecule has 0 unspecified atom stereocenters. The minimum Gasteiger partial charge on any atom is -0.423 e. The van der Waals surface area contributed by atoms with Crippen LogP contribution in [0.5, 0.6) is 0 Å². The number of aryl methyl sites for hydroxylation is 1. The van der Waals surface area contributed by atoms with Crippen LogP contribution in [-0.4, -0.2) is 41.4 Å². The maximum atomic E-state index is 9.80. The van der Waals surface area contributed by atoms with E-state index in [1.54, 1.807) is 12.3 Å².